The second-order valence-electron chi connectivity index (χ2n) is 4.55. The number of esters is 1. The summed E-state index contributed by atoms with van der Waals surface area (Å²) in [6, 6.07) is 6.28. The van der Waals surface area contributed by atoms with Crippen molar-refractivity contribution in [3.8, 4) is 0 Å². The molecule has 0 fully saturated rings. The zero-order valence-corrected chi connectivity index (χ0v) is 10.8. The highest BCUT2D eigenvalue weighted by Gasteiger charge is 2.21. The molecule has 0 heterocycles. The second-order valence-corrected chi connectivity index (χ2v) is 4.55. The normalized spacial score (nSPS) is 12.2. The maximum atomic E-state index is 11.5. The lowest BCUT2D eigenvalue weighted by atomic mass is 10.1. The van der Waals surface area contributed by atoms with E-state index in [1.54, 1.807) is 25.1 Å². The standard InChI is InChI=1S/C13H17NO4/c1-9(2)8-13(15)18-10(3)11-6-4-5-7-12(11)14(16)17/h4-7,9-10H,8H2,1-3H3. The highest BCUT2D eigenvalue weighted by atomic mass is 16.6. The minimum atomic E-state index is -0.613. The number of carbonyl (C=O) groups excluding carboxylic acids is 1. The fraction of sp³-hybridized carbons (Fsp3) is 0.462. The van der Waals surface area contributed by atoms with Crippen LogP contribution in [0.5, 0.6) is 0 Å². The van der Waals surface area contributed by atoms with Crippen molar-refractivity contribution < 1.29 is 14.5 Å². The van der Waals surface area contributed by atoms with Crippen molar-refractivity contribution in [3.05, 3.63) is 39.9 Å². The number of nitrogens with zero attached hydrogens (tertiary/aromatic N) is 1. The van der Waals surface area contributed by atoms with Gasteiger partial charge in [0.2, 0.25) is 0 Å². The number of hydrogen-bond acceptors (Lipinski definition) is 4. The molecule has 1 aromatic rings. The molecule has 0 amide bonds. The molecule has 5 nitrogen and oxygen atoms in total. The van der Waals surface area contributed by atoms with Crippen LogP contribution >= 0.6 is 0 Å². The maximum absolute atomic E-state index is 11.5. The molecule has 0 aromatic heterocycles. The van der Waals surface area contributed by atoms with Gasteiger partial charge in [-0.2, -0.15) is 0 Å². The SMILES string of the molecule is CC(C)CC(=O)OC(C)c1ccccc1[N+](=O)[O-]. The predicted octanol–water partition coefficient (Wildman–Crippen LogP) is 3.25. The van der Waals surface area contributed by atoms with E-state index in [0.717, 1.165) is 0 Å². The molecule has 0 aliphatic heterocycles. The molecule has 0 radical (unpaired) electrons. The van der Waals surface area contributed by atoms with Crippen molar-refractivity contribution in [2.45, 2.75) is 33.3 Å². The van der Waals surface area contributed by atoms with E-state index >= 15 is 0 Å². The molecule has 98 valence electrons. The van der Waals surface area contributed by atoms with Crippen molar-refractivity contribution in [3.63, 3.8) is 0 Å². The summed E-state index contributed by atoms with van der Waals surface area (Å²) in [6.07, 6.45) is -0.303. The number of nitro groups is 1. The Morgan fingerprint density at radius 2 is 1.94 bits per heavy atom. The smallest absolute Gasteiger partial charge is 0.306 e. The van der Waals surface area contributed by atoms with Gasteiger partial charge in [0.1, 0.15) is 6.10 Å². The average molecular weight is 251 g/mol. The lowest BCUT2D eigenvalue weighted by Gasteiger charge is -2.14. The van der Waals surface area contributed by atoms with E-state index in [4.69, 9.17) is 4.74 Å². The molecule has 0 saturated heterocycles. The van der Waals surface area contributed by atoms with Gasteiger partial charge in [-0.1, -0.05) is 26.0 Å². The van der Waals surface area contributed by atoms with E-state index in [2.05, 4.69) is 0 Å². The van der Waals surface area contributed by atoms with Gasteiger partial charge in [0, 0.05) is 12.5 Å². The van der Waals surface area contributed by atoms with Crippen LogP contribution in [-0.4, -0.2) is 10.9 Å². The average Bonchev–Trinajstić information content (AvgIpc) is 2.27. The predicted molar refractivity (Wildman–Crippen MR) is 67.1 cm³/mol. The van der Waals surface area contributed by atoms with Gasteiger partial charge in [0.05, 0.1) is 10.5 Å². The first kappa shape index (κ1) is 14.2. The van der Waals surface area contributed by atoms with Crippen LogP contribution in [0.15, 0.2) is 24.3 Å². The third-order valence-corrected chi connectivity index (χ3v) is 2.45. The van der Waals surface area contributed by atoms with Gasteiger partial charge in [0.25, 0.3) is 5.69 Å². The summed E-state index contributed by atoms with van der Waals surface area (Å²) in [5.74, 6) is -0.133. The Labute approximate surface area is 106 Å². The van der Waals surface area contributed by atoms with Crippen LogP contribution < -0.4 is 0 Å². The van der Waals surface area contributed by atoms with Crippen LogP contribution in [0.4, 0.5) is 5.69 Å². The van der Waals surface area contributed by atoms with Crippen LogP contribution in [0.1, 0.15) is 38.9 Å². The third kappa shape index (κ3) is 3.84. The van der Waals surface area contributed by atoms with Gasteiger partial charge in [-0.05, 0) is 18.9 Å². The highest BCUT2D eigenvalue weighted by molar-refractivity contribution is 5.70. The van der Waals surface area contributed by atoms with Gasteiger partial charge in [-0.15, -0.1) is 0 Å². The first-order chi connectivity index (χ1) is 8.41. The number of carbonyl (C=O) groups is 1. The molecule has 0 bridgehead atoms. The molecule has 1 rings (SSSR count). The van der Waals surface area contributed by atoms with E-state index in [9.17, 15) is 14.9 Å². The summed E-state index contributed by atoms with van der Waals surface area (Å²) >= 11 is 0. The van der Waals surface area contributed by atoms with Gasteiger partial charge < -0.3 is 4.74 Å². The van der Waals surface area contributed by atoms with Gasteiger partial charge in [-0.25, -0.2) is 0 Å². The maximum Gasteiger partial charge on any atom is 0.306 e. The minimum Gasteiger partial charge on any atom is -0.457 e. The molecular formula is C13H17NO4. The summed E-state index contributed by atoms with van der Waals surface area (Å²) in [4.78, 5) is 21.9. The first-order valence-electron chi connectivity index (χ1n) is 5.84. The highest BCUT2D eigenvalue weighted by Crippen LogP contribution is 2.27. The number of para-hydroxylation sites is 1. The fourth-order valence-corrected chi connectivity index (χ4v) is 1.64. The van der Waals surface area contributed by atoms with Crippen molar-refractivity contribution in [2.75, 3.05) is 0 Å². The summed E-state index contributed by atoms with van der Waals surface area (Å²) in [5, 5.41) is 10.9. The molecule has 0 N–H and O–H groups in total. The summed E-state index contributed by atoms with van der Waals surface area (Å²) in [7, 11) is 0. The topological polar surface area (TPSA) is 69.4 Å². The monoisotopic (exact) mass is 251 g/mol. The van der Waals surface area contributed by atoms with E-state index in [0.29, 0.717) is 12.0 Å². The summed E-state index contributed by atoms with van der Waals surface area (Å²) < 4.78 is 5.19. The molecule has 0 saturated carbocycles. The van der Waals surface area contributed by atoms with Crippen molar-refractivity contribution in [2.24, 2.45) is 5.92 Å². The Bertz CT molecular complexity index is 442. The Hall–Kier alpha value is -1.91. The molecule has 5 heteroatoms. The van der Waals surface area contributed by atoms with Gasteiger partial charge in [-0.3, -0.25) is 14.9 Å². The molecule has 1 unspecified atom stereocenters. The van der Waals surface area contributed by atoms with E-state index < -0.39 is 11.0 Å². The lowest BCUT2D eigenvalue weighted by Crippen LogP contribution is -2.12. The lowest BCUT2D eigenvalue weighted by molar-refractivity contribution is -0.386. The van der Waals surface area contributed by atoms with Crippen molar-refractivity contribution in [1.82, 2.24) is 0 Å². The molecule has 0 aliphatic carbocycles. The van der Waals surface area contributed by atoms with Crippen LogP contribution in [0.2, 0.25) is 0 Å². The number of rotatable bonds is 5. The van der Waals surface area contributed by atoms with Gasteiger partial charge in [0.15, 0.2) is 0 Å². The van der Waals surface area contributed by atoms with Gasteiger partial charge >= 0.3 is 5.97 Å². The van der Waals surface area contributed by atoms with Crippen LogP contribution in [0, 0.1) is 16.0 Å². The second kappa shape index (κ2) is 6.14. The van der Waals surface area contributed by atoms with E-state index in [1.807, 2.05) is 13.8 Å². The molecule has 1 atom stereocenters. The number of nitro benzene ring substituents is 1. The Morgan fingerprint density at radius 3 is 2.50 bits per heavy atom. The largest absolute Gasteiger partial charge is 0.457 e. The third-order valence-electron chi connectivity index (χ3n) is 2.45. The van der Waals surface area contributed by atoms with Crippen LogP contribution in [-0.2, 0) is 9.53 Å². The number of ether oxygens (including phenoxy) is 1. The summed E-state index contributed by atoms with van der Waals surface area (Å²) in [5.41, 5.74) is 0.391. The molecule has 1 aromatic carbocycles. The Kier molecular flexibility index (Phi) is 4.83. The van der Waals surface area contributed by atoms with Crippen molar-refractivity contribution >= 4 is 11.7 Å². The first-order valence-corrected chi connectivity index (χ1v) is 5.84. The molecular weight excluding hydrogens is 234 g/mol. The molecule has 18 heavy (non-hydrogen) atoms. The van der Waals surface area contributed by atoms with E-state index in [-0.39, 0.29) is 17.6 Å². The Morgan fingerprint density at radius 1 is 1.33 bits per heavy atom. The van der Waals surface area contributed by atoms with Crippen LogP contribution in [0.25, 0.3) is 0 Å². The zero-order chi connectivity index (χ0) is 13.7. The molecule has 0 aliphatic rings. The van der Waals surface area contributed by atoms with Crippen LogP contribution in [0.3, 0.4) is 0 Å². The fourth-order valence-electron chi connectivity index (χ4n) is 1.64. The minimum absolute atomic E-state index is 0.0256. The van der Waals surface area contributed by atoms with E-state index in [1.165, 1.54) is 6.07 Å². The number of benzene rings is 1. The summed E-state index contributed by atoms with van der Waals surface area (Å²) in [6.45, 7) is 5.47. The molecule has 0 spiro atoms. The van der Waals surface area contributed by atoms with Crippen molar-refractivity contribution in [1.29, 1.82) is 0 Å². The quantitative estimate of drug-likeness (QED) is 0.457. The number of hydrogen-bond donors (Lipinski definition) is 0. The zero-order valence-electron chi connectivity index (χ0n) is 10.8. The Balaban J connectivity index is 2.81.